The topological polar surface area (TPSA) is 47.6 Å². The first kappa shape index (κ1) is 17.1. The van der Waals surface area contributed by atoms with Crippen LogP contribution >= 0.6 is 15.9 Å². The Labute approximate surface area is 140 Å². The van der Waals surface area contributed by atoms with Crippen molar-refractivity contribution < 1.29 is 14.3 Å². The molecule has 2 rings (SSSR count). The van der Waals surface area contributed by atoms with Crippen molar-refractivity contribution in [3.8, 4) is 5.75 Å². The van der Waals surface area contributed by atoms with Crippen LogP contribution in [0.2, 0.25) is 0 Å². The van der Waals surface area contributed by atoms with Crippen LogP contribution in [0.3, 0.4) is 0 Å². The van der Waals surface area contributed by atoms with Crippen LogP contribution in [0.25, 0.3) is 0 Å². The second-order valence-corrected chi connectivity index (χ2v) is 7.63. The molecule has 0 unspecified atom stereocenters. The Balaban J connectivity index is 1.92. The maximum Gasteiger partial charge on any atom is 0.407 e. The van der Waals surface area contributed by atoms with Crippen LogP contribution in [-0.2, 0) is 11.3 Å². The lowest BCUT2D eigenvalue weighted by atomic mass is 9.86. The fourth-order valence-electron chi connectivity index (χ4n) is 2.18. The molecule has 1 aliphatic carbocycles. The molecule has 0 bridgehead atoms. The monoisotopic (exact) mass is 369 g/mol. The zero-order valence-corrected chi connectivity index (χ0v) is 15.0. The Kier molecular flexibility index (Phi) is 5.73. The van der Waals surface area contributed by atoms with Gasteiger partial charge in [0.2, 0.25) is 0 Å². The third-order valence-electron chi connectivity index (χ3n) is 3.54. The summed E-state index contributed by atoms with van der Waals surface area (Å²) >= 11 is 3.46. The van der Waals surface area contributed by atoms with Gasteiger partial charge in [-0.15, -0.1) is 0 Å². The van der Waals surface area contributed by atoms with E-state index in [2.05, 4.69) is 21.2 Å². The van der Waals surface area contributed by atoms with Crippen molar-refractivity contribution in [3.05, 3.63) is 28.2 Å². The van der Waals surface area contributed by atoms with Crippen LogP contribution in [0, 0.1) is 5.92 Å². The van der Waals surface area contributed by atoms with E-state index in [9.17, 15) is 4.79 Å². The lowest BCUT2D eigenvalue weighted by Gasteiger charge is -2.26. The van der Waals surface area contributed by atoms with E-state index in [1.165, 1.54) is 19.3 Å². The van der Waals surface area contributed by atoms with Crippen LogP contribution < -0.4 is 10.1 Å². The molecule has 0 spiro atoms. The first-order valence-corrected chi connectivity index (χ1v) is 8.51. The van der Waals surface area contributed by atoms with Crippen molar-refractivity contribution in [1.29, 1.82) is 0 Å². The van der Waals surface area contributed by atoms with E-state index in [-0.39, 0.29) is 0 Å². The Morgan fingerprint density at radius 2 is 2.09 bits per heavy atom. The SMILES string of the molecule is CC(C)(C)OC(=O)NCc1cc(Br)ccc1OCC1CCC1. The van der Waals surface area contributed by atoms with Gasteiger partial charge in [-0.3, -0.25) is 0 Å². The lowest BCUT2D eigenvalue weighted by Crippen LogP contribution is -2.32. The Morgan fingerprint density at radius 3 is 2.68 bits per heavy atom. The van der Waals surface area contributed by atoms with Gasteiger partial charge < -0.3 is 14.8 Å². The van der Waals surface area contributed by atoms with Gasteiger partial charge in [0.05, 0.1) is 6.61 Å². The minimum absolute atomic E-state index is 0.383. The van der Waals surface area contributed by atoms with Crippen LogP contribution in [0.4, 0.5) is 4.79 Å². The number of alkyl carbamates (subject to hydrolysis) is 1. The average Bonchev–Trinajstić information content (AvgIpc) is 2.34. The third-order valence-corrected chi connectivity index (χ3v) is 4.04. The summed E-state index contributed by atoms with van der Waals surface area (Å²) in [6.07, 6.45) is 3.39. The van der Waals surface area contributed by atoms with Crippen molar-refractivity contribution >= 4 is 22.0 Å². The highest BCUT2D eigenvalue weighted by molar-refractivity contribution is 9.10. The second-order valence-electron chi connectivity index (χ2n) is 6.72. The molecule has 1 aliphatic rings. The summed E-state index contributed by atoms with van der Waals surface area (Å²) in [5, 5.41) is 2.78. The molecular formula is C17H24BrNO3. The van der Waals surface area contributed by atoms with Gasteiger partial charge in [-0.2, -0.15) is 0 Å². The van der Waals surface area contributed by atoms with Gasteiger partial charge in [-0.25, -0.2) is 4.79 Å². The molecule has 1 aromatic carbocycles. The summed E-state index contributed by atoms with van der Waals surface area (Å²) in [7, 11) is 0. The van der Waals surface area contributed by atoms with E-state index in [1.54, 1.807) is 0 Å². The zero-order chi connectivity index (χ0) is 16.2. The minimum Gasteiger partial charge on any atom is -0.493 e. The molecule has 4 nitrogen and oxygen atoms in total. The summed E-state index contributed by atoms with van der Waals surface area (Å²) < 4.78 is 12.1. The average molecular weight is 370 g/mol. The molecule has 0 heterocycles. The Morgan fingerprint density at radius 1 is 1.36 bits per heavy atom. The largest absolute Gasteiger partial charge is 0.493 e. The van der Waals surface area contributed by atoms with E-state index in [4.69, 9.17) is 9.47 Å². The summed E-state index contributed by atoms with van der Waals surface area (Å²) in [4.78, 5) is 11.8. The Hall–Kier alpha value is -1.23. The van der Waals surface area contributed by atoms with Crippen LogP contribution in [0.15, 0.2) is 22.7 Å². The highest BCUT2D eigenvalue weighted by Crippen LogP contribution is 2.29. The molecule has 0 aliphatic heterocycles. The third kappa shape index (κ3) is 5.52. The maximum absolute atomic E-state index is 11.8. The molecule has 1 saturated carbocycles. The van der Waals surface area contributed by atoms with Crippen molar-refractivity contribution in [1.82, 2.24) is 5.32 Å². The predicted octanol–water partition coefficient (Wildman–Crippen LogP) is 4.65. The molecule has 1 amide bonds. The van der Waals surface area contributed by atoms with Crippen LogP contribution in [0.1, 0.15) is 45.6 Å². The zero-order valence-electron chi connectivity index (χ0n) is 13.4. The number of rotatable bonds is 5. The quantitative estimate of drug-likeness (QED) is 0.821. The predicted molar refractivity (Wildman–Crippen MR) is 90.1 cm³/mol. The fraction of sp³-hybridized carbons (Fsp3) is 0.588. The standard InChI is InChI=1S/C17H24BrNO3/c1-17(2,3)22-16(20)19-10-13-9-14(18)7-8-15(13)21-11-12-5-4-6-12/h7-9,12H,4-6,10-11H2,1-3H3,(H,19,20). The molecule has 1 fully saturated rings. The molecular weight excluding hydrogens is 346 g/mol. The number of carbonyl (C=O) groups is 1. The number of carbonyl (C=O) groups excluding carboxylic acids is 1. The van der Waals surface area contributed by atoms with E-state index < -0.39 is 11.7 Å². The Bertz CT molecular complexity index is 521. The lowest BCUT2D eigenvalue weighted by molar-refractivity contribution is 0.0523. The van der Waals surface area contributed by atoms with Crippen molar-refractivity contribution in [2.45, 2.75) is 52.2 Å². The van der Waals surface area contributed by atoms with Gasteiger partial charge in [-0.1, -0.05) is 22.4 Å². The van der Waals surface area contributed by atoms with Gasteiger partial charge in [0, 0.05) is 16.6 Å². The number of ether oxygens (including phenoxy) is 2. The molecule has 0 aromatic heterocycles. The molecule has 1 aromatic rings. The van der Waals surface area contributed by atoms with Crippen molar-refractivity contribution in [3.63, 3.8) is 0 Å². The molecule has 22 heavy (non-hydrogen) atoms. The van der Waals surface area contributed by atoms with Crippen molar-refractivity contribution in [2.75, 3.05) is 6.61 Å². The summed E-state index contributed by atoms with van der Waals surface area (Å²) in [5.74, 6) is 1.50. The molecule has 5 heteroatoms. The fourth-order valence-corrected chi connectivity index (χ4v) is 2.58. The molecule has 0 radical (unpaired) electrons. The number of hydrogen-bond donors (Lipinski definition) is 1. The van der Waals surface area contributed by atoms with Crippen LogP contribution in [-0.4, -0.2) is 18.3 Å². The van der Waals surface area contributed by atoms with E-state index >= 15 is 0 Å². The highest BCUT2D eigenvalue weighted by atomic mass is 79.9. The molecule has 122 valence electrons. The van der Waals surface area contributed by atoms with Crippen molar-refractivity contribution in [2.24, 2.45) is 5.92 Å². The van der Waals surface area contributed by atoms with Gasteiger partial charge in [0.25, 0.3) is 0 Å². The van der Waals surface area contributed by atoms with E-state index in [0.717, 1.165) is 22.4 Å². The number of hydrogen-bond acceptors (Lipinski definition) is 3. The first-order chi connectivity index (χ1) is 10.3. The normalized spacial score (nSPS) is 15.1. The summed E-state index contributed by atoms with van der Waals surface area (Å²) in [5.41, 5.74) is 0.449. The van der Waals surface area contributed by atoms with Gasteiger partial charge in [0.15, 0.2) is 0 Å². The smallest absolute Gasteiger partial charge is 0.407 e. The highest BCUT2D eigenvalue weighted by Gasteiger charge is 2.19. The minimum atomic E-state index is -0.495. The van der Waals surface area contributed by atoms with Gasteiger partial charge >= 0.3 is 6.09 Å². The maximum atomic E-state index is 11.8. The second kappa shape index (κ2) is 7.36. The first-order valence-electron chi connectivity index (χ1n) is 7.71. The van der Waals surface area contributed by atoms with Gasteiger partial charge in [0.1, 0.15) is 11.4 Å². The van der Waals surface area contributed by atoms with Crippen LogP contribution in [0.5, 0.6) is 5.75 Å². The van der Waals surface area contributed by atoms with Gasteiger partial charge in [-0.05, 0) is 57.7 Å². The molecule has 0 saturated heterocycles. The number of nitrogens with one attached hydrogen (secondary N) is 1. The number of halogens is 1. The number of benzene rings is 1. The number of amides is 1. The van der Waals surface area contributed by atoms with E-state index in [1.807, 2.05) is 39.0 Å². The summed E-state index contributed by atoms with van der Waals surface area (Å²) in [6, 6.07) is 5.86. The molecule has 0 atom stereocenters. The summed E-state index contributed by atoms with van der Waals surface area (Å²) in [6.45, 7) is 6.67. The molecule has 1 N–H and O–H groups in total. The van der Waals surface area contributed by atoms with E-state index in [0.29, 0.717) is 12.5 Å².